The molecule has 0 aromatic heterocycles. The minimum atomic E-state index is 0.879. The first-order valence-electron chi connectivity index (χ1n) is 6.25. The lowest BCUT2D eigenvalue weighted by Crippen LogP contribution is -2.12. The van der Waals surface area contributed by atoms with Crippen molar-refractivity contribution >= 4 is 0 Å². The van der Waals surface area contributed by atoms with Crippen molar-refractivity contribution in [3.05, 3.63) is 11.1 Å². The largest absolute Gasteiger partial charge is 0.316 e. The number of hydrogen-bond acceptors (Lipinski definition) is 1. The first-order valence-corrected chi connectivity index (χ1v) is 6.25. The molecule has 0 spiro atoms. The summed E-state index contributed by atoms with van der Waals surface area (Å²) in [6.45, 7) is 4.89. The molecule has 1 heteroatoms. The smallest absolute Gasteiger partial charge is 0.00173 e. The maximum atomic E-state index is 3.49. The van der Waals surface area contributed by atoms with E-state index in [0.29, 0.717) is 0 Å². The van der Waals surface area contributed by atoms with Crippen LogP contribution in [0.2, 0.25) is 0 Å². The molecule has 3 atom stereocenters. The fourth-order valence-corrected chi connectivity index (χ4v) is 3.82. The average Bonchev–Trinajstić information content (AvgIpc) is 2.93. The van der Waals surface area contributed by atoms with Crippen molar-refractivity contribution in [2.45, 2.75) is 39.0 Å². The SMILES string of the molecule is C/C(=C1\CC2CCC1C2)C1CCNC1. The molecule has 1 nitrogen and oxygen atoms in total. The molecule has 78 valence electrons. The van der Waals surface area contributed by atoms with E-state index in [4.69, 9.17) is 0 Å². The van der Waals surface area contributed by atoms with Gasteiger partial charge in [0.1, 0.15) is 0 Å². The summed E-state index contributed by atoms with van der Waals surface area (Å²) in [5, 5.41) is 3.49. The van der Waals surface area contributed by atoms with Gasteiger partial charge in [0.05, 0.1) is 0 Å². The standard InChI is InChI=1S/C13H21N/c1-9(12-4-5-14-8-12)13-7-10-2-3-11(13)6-10/h10-12,14H,2-8H2,1H3/b13-9-. The van der Waals surface area contributed by atoms with E-state index < -0.39 is 0 Å². The van der Waals surface area contributed by atoms with Crippen LogP contribution >= 0.6 is 0 Å². The van der Waals surface area contributed by atoms with E-state index in [1.165, 1.54) is 45.2 Å². The van der Waals surface area contributed by atoms with Crippen LogP contribution in [0.4, 0.5) is 0 Å². The normalized spacial score (nSPS) is 44.8. The van der Waals surface area contributed by atoms with E-state index in [2.05, 4.69) is 12.2 Å². The Labute approximate surface area is 87.0 Å². The highest BCUT2D eigenvalue weighted by molar-refractivity contribution is 5.25. The first-order chi connectivity index (χ1) is 6.84. The number of fused-ring (bicyclic) bond motifs is 2. The van der Waals surface area contributed by atoms with Crippen LogP contribution in [0.15, 0.2) is 11.1 Å². The summed E-state index contributed by atoms with van der Waals surface area (Å²) in [5.74, 6) is 2.95. The molecule has 1 aliphatic heterocycles. The molecular weight excluding hydrogens is 170 g/mol. The van der Waals surface area contributed by atoms with Crippen molar-refractivity contribution in [3.8, 4) is 0 Å². The molecule has 14 heavy (non-hydrogen) atoms. The maximum absolute atomic E-state index is 3.49. The average molecular weight is 191 g/mol. The lowest BCUT2D eigenvalue weighted by atomic mass is 9.86. The van der Waals surface area contributed by atoms with E-state index in [9.17, 15) is 0 Å². The summed E-state index contributed by atoms with van der Waals surface area (Å²) in [4.78, 5) is 0. The molecule has 0 amide bonds. The van der Waals surface area contributed by atoms with E-state index in [1.54, 1.807) is 5.57 Å². The van der Waals surface area contributed by atoms with Gasteiger partial charge in [0.2, 0.25) is 0 Å². The highest BCUT2D eigenvalue weighted by atomic mass is 14.9. The van der Waals surface area contributed by atoms with Gasteiger partial charge in [0.25, 0.3) is 0 Å². The van der Waals surface area contributed by atoms with Gasteiger partial charge in [0, 0.05) is 6.54 Å². The number of nitrogens with one attached hydrogen (secondary N) is 1. The van der Waals surface area contributed by atoms with Crippen molar-refractivity contribution in [3.63, 3.8) is 0 Å². The van der Waals surface area contributed by atoms with E-state index >= 15 is 0 Å². The highest BCUT2D eigenvalue weighted by Gasteiger charge is 2.37. The molecule has 2 bridgehead atoms. The number of hydrogen-bond donors (Lipinski definition) is 1. The summed E-state index contributed by atoms with van der Waals surface area (Å²) >= 11 is 0. The minimum absolute atomic E-state index is 0.879. The Bertz CT molecular complexity index is 260. The van der Waals surface area contributed by atoms with Gasteiger partial charge in [-0.2, -0.15) is 0 Å². The van der Waals surface area contributed by atoms with Crippen molar-refractivity contribution in [2.75, 3.05) is 13.1 Å². The van der Waals surface area contributed by atoms with Gasteiger partial charge in [-0.25, -0.2) is 0 Å². The molecule has 1 heterocycles. The fourth-order valence-electron chi connectivity index (χ4n) is 3.82. The lowest BCUT2D eigenvalue weighted by Gasteiger charge is -2.20. The van der Waals surface area contributed by atoms with Gasteiger partial charge < -0.3 is 5.32 Å². The first kappa shape index (κ1) is 8.96. The molecule has 3 unspecified atom stereocenters. The van der Waals surface area contributed by atoms with Crippen molar-refractivity contribution < 1.29 is 0 Å². The van der Waals surface area contributed by atoms with Gasteiger partial charge in [-0.3, -0.25) is 0 Å². The van der Waals surface area contributed by atoms with E-state index in [-0.39, 0.29) is 0 Å². The van der Waals surface area contributed by atoms with Crippen LogP contribution < -0.4 is 5.32 Å². The Kier molecular flexibility index (Phi) is 2.16. The summed E-state index contributed by atoms with van der Waals surface area (Å²) in [6, 6.07) is 0. The monoisotopic (exact) mass is 191 g/mol. The van der Waals surface area contributed by atoms with Crippen LogP contribution in [0.3, 0.4) is 0 Å². The number of allylic oxidation sites excluding steroid dienone is 1. The van der Waals surface area contributed by atoms with Crippen LogP contribution in [0.25, 0.3) is 0 Å². The molecule has 2 aliphatic carbocycles. The summed E-state index contributed by atoms with van der Waals surface area (Å²) in [5.41, 5.74) is 3.64. The van der Waals surface area contributed by atoms with Crippen molar-refractivity contribution in [1.29, 1.82) is 0 Å². The summed E-state index contributed by atoms with van der Waals surface area (Å²) < 4.78 is 0. The summed E-state index contributed by atoms with van der Waals surface area (Å²) in [6.07, 6.45) is 7.37. The topological polar surface area (TPSA) is 12.0 Å². The predicted octanol–water partition coefficient (Wildman–Crippen LogP) is 2.73. The second kappa shape index (κ2) is 3.37. The van der Waals surface area contributed by atoms with E-state index in [1.807, 2.05) is 5.57 Å². The second-order valence-electron chi connectivity index (χ2n) is 5.48. The second-order valence-corrected chi connectivity index (χ2v) is 5.48. The Balaban J connectivity index is 1.81. The third-order valence-electron chi connectivity index (χ3n) is 4.72. The molecular formula is C13H21N. The molecule has 0 aromatic carbocycles. The predicted molar refractivity (Wildman–Crippen MR) is 59.1 cm³/mol. The van der Waals surface area contributed by atoms with Crippen molar-refractivity contribution in [2.24, 2.45) is 17.8 Å². The minimum Gasteiger partial charge on any atom is -0.316 e. The zero-order valence-corrected chi connectivity index (χ0v) is 9.18. The quantitative estimate of drug-likeness (QED) is 0.628. The van der Waals surface area contributed by atoms with Crippen LogP contribution in [-0.2, 0) is 0 Å². The van der Waals surface area contributed by atoms with Gasteiger partial charge in [-0.1, -0.05) is 11.1 Å². The molecule has 3 fully saturated rings. The van der Waals surface area contributed by atoms with Gasteiger partial charge in [-0.15, -0.1) is 0 Å². The molecule has 3 rings (SSSR count). The van der Waals surface area contributed by atoms with Gasteiger partial charge in [-0.05, 0) is 63.3 Å². The molecule has 2 saturated carbocycles. The molecule has 1 saturated heterocycles. The van der Waals surface area contributed by atoms with Crippen molar-refractivity contribution in [1.82, 2.24) is 5.32 Å². The zero-order chi connectivity index (χ0) is 9.54. The zero-order valence-electron chi connectivity index (χ0n) is 9.18. The van der Waals surface area contributed by atoms with Gasteiger partial charge >= 0.3 is 0 Å². The van der Waals surface area contributed by atoms with Crippen LogP contribution in [-0.4, -0.2) is 13.1 Å². The van der Waals surface area contributed by atoms with Gasteiger partial charge in [0.15, 0.2) is 0 Å². The third kappa shape index (κ3) is 1.33. The Hall–Kier alpha value is -0.300. The third-order valence-corrected chi connectivity index (χ3v) is 4.72. The lowest BCUT2D eigenvalue weighted by molar-refractivity contribution is 0.544. The highest BCUT2D eigenvalue weighted by Crippen LogP contribution is 2.50. The van der Waals surface area contributed by atoms with E-state index in [0.717, 1.165) is 17.8 Å². The Morgan fingerprint density at radius 2 is 2.21 bits per heavy atom. The Morgan fingerprint density at radius 3 is 2.79 bits per heavy atom. The fraction of sp³-hybridized carbons (Fsp3) is 0.846. The molecule has 1 N–H and O–H groups in total. The molecule has 3 aliphatic rings. The Morgan fingerprint density at radius 1 is 1.29 bits per heavy atom. The van der Waals surface area contributed by atoms with Crippen LogP contribution in [0.1, 0.15) is 39.0 Å². The van der Waals surface area contributed by atoms with Crippen LogP contribution in [0, 0.1) is 17.8 Å². The maximum Gasteiger partial charge on any atom is 0.00173 e. The molecule has 0 radical (unpaired) electrons. The van der Waals surface area contributed by atoms with Crippen LogP contribution in [0.5, 0.6) is 0 Å². The summed E-state index contributed by atoms with van der Waals surface area (Å²) in [7, 11) is 0. The molecule has 0 aromatic rings. The number of rotatable bonds is 1.